The van der Waals surface area contributed by atoms with Gasteiger partial charge in [-0.1, -0.05) is 51.5 Å². The van der Waals surface area contributed by atoms with Crippen LogP contribution >= 0.6 is 0 Å². The van der Waals surface area contributed by atoms with Crippen LogP contribution in [0.25, 0.3) is 0 Å². The summed E-state index contributed by atoms with van der Waals surface area (Å²) in [7, 11) is 1.72. The highest BCUT2D eigenvalue weighted by molar-refractivity contribution is 5.51. The zero-order valence-corrected chi connectivity index (χ0v) is 22.7. The number of allylic oxidation sites excluding steroid dienone is 2. The maximum atomic E-state index is 6.45. The predicted molar refractivity (Wildman–Crippen MR) is 148 cm³/mol. The Morgan fingerprint density at radius 3 is 2.40 bits per heavy atom. The van der Waals surface area contributed by atoms with E-state index in [4.69, 9.17) is 9.47 Å². The van der Waals surface area contributed by atoms with Gasteiger partial charge in [0.05, 0.1) is 13.7 Å². The third-order valence-electron chi connectivity index (χ3n) is 7.40. The van der Waals surface area contributed by atoms with E-state index in [9.17, 15) is 0 Å². The number of fused-ring (bicyclic) bond motifs is 1. The number of rotatable bonds is 8. The molecule has 3 heterocycles. The lowest BCUT2D eigenvalue weighted by Gasteiger charge is -2.40. The third-order valence-corrected chi connectivity index (χ3v) is 7.40. The van der Waals surface area contributed by atoms with Gasteiger partial charge in [0.1, 0.15) is 11.5 Å². The summed E-state index contributed by atoms with van der Waals surface area (Å²) in [5.74, 6) is 2.17. The number of hydrogen-bond acceptors (Lipinski definition) is 4. The van der Waals surface area contributed by atoms with Crippen LogP contribution in [0.2, 0.25) is 0 Å². The summed E-state index contributed by atoms with van der Waals surface area (Å²) in [5.41, 5.74) is 4.09. The summed E-state index contributed by atoms with van der Waals surface area (Å²) in [6.45, 7) is 17.2. The topological polar surface area (TPSA) is 24.9 Å². The van der Waals surface area contributed by atoms with E-state index in [-0.39, 0.29) is 5.92 Å². The quantitative estimate of drug-likeness (QED) is 0.297. The Kier molecular flexibility index (Phi) is 11.4. The van der Waals surface area contributed by atoms with E-state index in [1.54, 1.807) is 7.11 Å². The van der Waals surface area contributed by atoms with Gasteiger partial charge in [0.2, 0.25) is 0 Å². The Morgan fingerprint density at radius 2 is 1.77 bits per heavy atom. The van der Waals surface area contributed by atoms with Crippen molar-refractivity contribution in [3.63, 3.8) is 0 Å². The molecule has 0 radical (unpaired) electrons. The lowest BCUT2D eigenvalue weighted by Crippen LogP contribution is -2.41. The molecule has 3 aliphatic rings. The van der Waals surface area contributed by atoms with Crippen LogP contribution in [-0.2, 0) is 4.74 Å². The number of benzene rings is 1. The fourth-order valence-corrected chi connectivity index (χ4v) is 5.77. The Labute approximate surface area is 214 Å². The lowest BCUT2D eigenvalue weighted by atomic mass is 9.78. The van der Waals surface area contributed by atoms with E-state index in [0.717, 1.165) is 37.6 Å². The molecule has 0 aliphatic carbocycles. The van der Waals surface area contributed by atoms with Crippen LogP contribution in [0.5, 0.6) is 5.75 Å². The minimum Gasteiger partial charge on any atom is -0.497 e. The van der Waals surface area contributed by atoms with Crippen molar-refractivity contribution < 1.29 is 9.47 Å². The monoisotopic (exact) mass is 480 g/mol. The number of nitrogens with zero attached hydrogens (tertiary/aromatic N) is 2. The maximum absolute atomic E-state index is 6.45. The largest absolute Gasteiger partial charge is 0.497 e. The molecule has 4 rings (SSSR count). The highest BCUT2D eigenvalue weighted by Crippen LogP contribution is 2.44. The van der Waals surface area contributed by atoms with Gasteiger partial charge in [-0.2, -0.15) is 0 Å². The second-order valence-electron chi connectivity index (χ2n) is 10.0. The van der Waals surface area contributed by atoms with Crippen molar-refractivity contribution in [2.45, 2.75) is 77.7 Å². The first-order valence-corrected chi connectivity index (χ1v) is 13.9. The zero-order chi connectivity index (χ0) is 25.0. The normalized spacial score (nSPS) is 25.4. The summed E-state index contributed by atoms with van der Waals surface area (Å²) in [6.07, 6.45) is 13.2. The van der Waals surface area contributed by atoms with E-state index in [0.29, 0.717) is 6.04 Å². The SMILES string of the molecule is C=C/C(OCCCN1CCCCC1)=C1\C(=C/C)C2CCCN2C[C@@H]1c1ccc(OC)cc1.CCC. The number of likely N-dealkylation sites (tertiary alicyclic amines) is 1. The summed E-state index contributed by atoms with van der Waals surface area (Å²) < 4.78 is 11.9. The molecular formula is C31H48N2O2. The average Bonchev–Trinajstić information content (AvgIpc) is 3.37. The van der Waals surface area contributed by atoms with E-state index in [1.165, 1.54) is 74.9 Å². The number of methoxy groups -OCH3 is 1. The summed E-state index contributed by atoms with van der Waals surface area (Å²) in [5, 5.41) is 0. The van der Waals surface area contributed by atoms with Crippen molar-refractivity contribution >= 4 is 0 Å². The first-order chi connectivity index (χ1) is 17.2. The van der Waals surface area contributed by atoms with Crippen LogP contribution in [0.15, 0.2) is 59.9 Å². The van der Waals surface area contributed by atoms with Crippen LogP contribution in [0.3, 0.4) is 0 Å². The van der Waals surface area contributed by atoms with Crippen molar-refractivity contribution in [2.24, 2.45) is 0 Å². The summed E-state index contributed by atoms with van der Waals surface area (Å²) >= 11 is 0. The van der Waals surface area contributed by atoms with E-state index < -0.39 is 0 Å². The molecular weight excluding hydrogens is 432 g/mol. The Morgan fingerprint density at radius 1 is 1.06 bits per heavy atom. The fraction of sp³-hybridized carbons (Fsp3) is 0.613. The van der Waals surface area contributed by atoms with Crippen molar-refractivity contribution in [1.82, 2.24) is 9.80 Å². The van der Waals surface area contributed by atoms with Crippen molar-refractivity contribution in [3.05, 3.63) is 65.5 Å². The minimum atomic E-state index is 0.288. The molecule has 0 N–H and O–H groups in total. The van der Waals surface area contributed by atoms with Gasteiger partial charge in [0.15, 0.2) is 0 Å². The van der Waals surface area contributed by atoms with Crippen molar-refractivity contribution in [3.8, 4) is 5.75 Å². The molecule has 3 saturated heterocycles. The molecule has 1 unspecified atom stereocenters. The van der Waals surface area contributed by atoms with Gasteiger partial charge < -0.3 is 14.4 Å². The molecule has 0 aromatic heterocycles. The second-order valence-corrected chi connectivity index (χ2v) is 10.0. The van der Waals surface area contributed by atoms with Gasteiger partial charge in [-0.05, 0) is 88.0 Å². The molecule has 0 saturated carbocycles. The van der Waals surface area contributed by atoms with Gasteiger partial charge in [-0.15, -0.1) is 0 Å². The maximum Gasteiger partial charge on any atom is 0.122 e. The van der Waals surface area contributed by atoms with Crippen LogP contribution < -0.4 is 4.74 Å². The molecule has 0 amide bonds. The highest BCUT2D eigenvalue weighted by Gasteiger charge is 2.40. The standard InChI is InChI=1S/C28H40N2O2.C3H8/c1-4-24-26-11-9-19-30(26)21-25(22-12-14-23(31-3)15-13-22)28(24)27(5-2)32-20-10-18-29-16-7-6-8-17-29;1-3-2/h4-5,12-15,25-26H,2,6-11,16-21H2,1,3H3;3H2,1-2H3/b24-4-,28-27-;/t25-,26?;/m1./s1. The van der Waals surface area contributed by atoms with Crippen LogP contribution in [0, 0.1) is 0 Å². The van der Waals surface area contributed by atoms with Gasteiger partial charge in [0.25, 0.3) is 0 Å². The molecule has 1 aromatic rings. The Hall–Kier alpha value is -2.04. The molecule has 35 heavy (non-hydrogen) atoms. The molecule has 3 aliphatic heterocycles. The fourth-order valence-electron chi connectivity index (χ4n) is 5.77. The average molecular weight is 481 g/mol. The lowest BCUT2D eigenvalue weighted by molar-refractivity contribution is 0.170. The Bertz CT molecular complexity index is 836. The van der Waals surface area contributed by atoms with Gasteiger partial charge in [0, 0.05) is 30.6 Å². The van der Waals surface area contributed by atoms with Crippen molar-refractivity contribution in [2.75, 3.05) is 46.4 Å². The first kappa shape index (κ1) is 27.5. The third kappa shape index (κ3) is 7.24. The smallest absolute Gasteiger partial charge is 0.122 e. The van der Waals surface area contributed by atoms with Gasteiger partial charge in [-0.25, -0.2) is 0 Å². The molecule has 3 fully saturated rings. The van der Waals surface area contributed by atoms with E-state index >= 15 is 0 Å². The van der Waals surface area contributed by atoms with Gasteiger partial charge in [-0.3, -0.25) is 4.90 Å². The molecule has 4 heteroatoms. The molecule has 4 nitrogen and oxygen atoms in total. The summed E-state index contributed by atoms with van der Waals surface area (Å²) in [4.78, 5) is 5.24. The highest BCUT2D eigenvalue weighted by atomic mass is 16.5. The molecule has 1 aromatic carbocycles. The molecule has 0 spiro atoms. The summed E-state index contributed by atoms with van der Waals surface area (Å²) in [6, 6.07) is 9.09. The van der Waals surface area contributed by atoms with E-state index in [2.05, 4.69) is 67.5 Å². The van der Waals surface area contributed by atoms with Crippen molar-refractivity contribution in [1.29, 1.82) is 0 Å². The molecule has 2 atom stereocenters. The second kappa shape index (κ2) is 14.5. The minimum absolute atomic E-state index is 0.288. The van der Waals surface area contributed by atoms with E-state index in [1.807, 2.05) is 6.08 Å². The zero-order valence-electron chi connectivity index (χ0n) is 22.7. The number of piperidine rings is 2. The Balaban J connectivity index is 0.00000108. The number of hydrogen-bond donors (Lipinski definition) is 0. The molecule has 194 valence electrons. The van der Waals surface area contributed by atoms with Crippen LogP contribution in [-0.4, -0.2) is 62.3 Å². The predicted octanol–water partition coefficient (Wildman–Crippen LogP) is 6.95. The number of ether oxygens (including phenoxy) is 2. The van der Waals surface area contributed by atoms with Gasteiger partial charge >= 0.3 is 0 Å². The molecule has 0 bridgehead atoms. The van der Waals surface area contributed by atoms with Crippen LogP contribution in [0.4, 0.5) is 0 Å². The first-order valence-electron chi connectivity index (χ1n) is 13.9. The van der Waals surface area contributed by atoms with Crippen LogP contribution in [0.1, 0.15) is 77.2 Å².